The van der Waals surface area contributed by atoms with Crippen LogP contribution in [-0.4, -0.2) is 18.9 Å². The molecule has 0 aromatic heterocycles. The van der Waals surface area contributed by atoms with Crippen LogP contribution >= 0.6 is 0 Å². The van der Waals surface area contributed by atoms with Crippen LogP contribution in [0.1, 0.15) is 98.2 Å². The smallest absolute Gasteiger partial charge is 1.00 e. The molecule has 0 atom stereocenters. The Labute approximate surface area is 198 Å². The molecule has 0 aliphatic rings. The van der Waals surface area contributed by atoms with E-state index in [4.69, 9.17) is 4.55 Å². The van der Waals surface area contributed by atoms with Gasteiger partial charge in [0.05, 0.1) is 0 Å². The van der Waals surface area contributed by atoms with Crippen LogP contribution in [0.2, 0.25) is 0 Å². The molecule has 0 amide bonds. The van der Waals surface area contributed by atoms with Gasteiger partial charge in [0.1, 0.15) is 0 Å². The first-order chi connectivity index (χ1) is 11.5. The van der Waals surface area contributed by atoms with Gasteiger partial charge in [-0.05, 0) is 32.1 Å². The van der Waals surface area contributed by atoms with Crippen molar-refractivity contribution in [3.63, 3.8) is 0 Å². The van der Waals surface area contributed by atoms with Crippen molar-refractivity contribution in [1.29, 1.82) is 0 Å². The van der Waals surface area contributed by atoms with Crippen molar-refractivity contribution >= 4 is 16.4 Å². The summed E-state index contributed by atoms with van der Waals surface area (Å²) in [5, 5.41) is 0. The number of hydrogen-bond acceptors (Lipinski definition) is 4. The van der Waals surface area contributed by atoms with E-state index >= 15 is 0 Å². The molecule has 0 rings (SSSR count). The topological polar surface area (TPSA) is 80.7 Å². The van der Waals surface area contributed by atoms with E-state index in [0.717, 1.165) is 32.1 Å². The maximum absolute atomic E-state index is 11.0. The summed E-state index contributed by atoms with van der Waals surface area (Å²) >= 11 is 0. The van der Waals surface area contributed by atoms with Crippen LogP contribution in [0.4, 0.5) is 0 Å². The van der Waals surface area contributed by atoms with Gasteiger partial charge in [-0.2, -0.15) is 8.42 Å². The summed E-state index contributed by atoms with van der Waals surface area (Å²) in [6.45, 7) is 2.24. The molecule has 0 heterocycles. The molecule has 0 bridgehead atoms. The Morgan fingerprint density at radius 1 is 0.880 bits per heavy atom. The van der Waals surface area contributed by atoms with Crippen LogP contribution in [0.3, 0.4) is 0 Å². The molecule has 0 unspecified atom stereocenters. The average Bonchev–Trinajstić information content (AvgIpc) is 2.49. The van der Waals surface area contributed by atoms with E-state index in [1.165, 1.54) is 44.9 Å². The van der Waals surface area contributed by atoms with Gasteiger partial charge >= 0.3 is 67.8 Å². The van der Waals surface area contributed by atoms with E-state index < -0.39 is 16.4 Å². The van der Waals surface area contributed by atoms with E-state index in [9.17, 15) is 13.2 Å². The summed E-state index contributed by atoms with van der Waals surface area (Å²) < 4.78 is 32.8. The maximum atomic E-state index is 11.0. The Hall–Kier alpha value is 0.756. The third-order valence-electron chi connectivity index (χ3n) is 3.84. The summed E-state index contributed by atoms with van der Waals surface area (Å²) in [6, 6.07) is 0. The Morgan fingerprint density at radius 3 is 1.80 bits per heavy atom. The number of unbranched alkanes of at least 4 members (excludes halogenated alkanes) is 11. The molecule has 144 valence electrons. The van der Waals surface area contributed by atoms with Gasteiger partial charge in [-0.15, -0.1) is 0 Å². The first kappa shape index (κ1) is 28.0. The number of carbonyl (C=O) groups is 1. The standard InChI is InChI=1S/C18H34O5S.K.H/c1-2-3-4-5-6-7-8-9-10-11-12-13-14-15-16-17-18(19)23-24(20,21)22;;/h9-10H,2-8,11-17H2,1H3,(H,20,21,22);;/q;+1;-1/b10-9-;;. The zero-order valence-corrected chi connectivity index (χ0v) is 20.0. The second-order valence-electron chi connectivity index (χ2n) is 6.22. The summed E-state index contributed by atoms with van der Waals surface area (Å²) in [4.78, 5) is 11.0. The Kier molecular flexibility index (Phi) is 21.8. The molecule has 5 nitrogen and oxygen atoms in total. The Bertz CT molecular complexity index is 441. The summed E-state index contributed by atoms with van der Waals surface area (Å²) in [5.74, 6) is -0.893. The molecular weight excluding hydrogens is 367 g/mol. The maximum Gasteiger partial charge on any atom is 1.00 e. The van der Waals surface area contributed by atoms with E-state index in [-0.39, 0.29) is 59.2 Å². The molecule has 25 heavy (non-hydrogen) atoms. The zero-order chi connectivity index (χ0) is 18.1. The second-order valence-corrected chi connectivity index (χ2v) is 7.24. The largest absolute Gasteiger partial charge is 1.00 e. The predicted molar refractivity (Wildman–Crippen MR) is 98.2 cm³/mol. The first-order valence-corrected chi connectivity index (χ1v) is 10.7. The van der Waals surface area contributed by atoms with Crippen LogP contribution < -0.4 is 51.4 Å². The van der Waals surface area contributed by atoms with Crippen LogP contribution in [-0.2, 0) is 19.4 Å². The summed E-state index contributed by atoms with van der Waals surface area (Å²) in [5.41, 5.74) is 0. The fourth-order valence-corrected chi connectivity index (χ4v) is 2.82. The minimum atomic E-state index is -4.65. The normalized spacial score (nSPS) is 11.4. The van der Waals surface area contributed by atoms with Crippen LogP contribution in [0.5, 0.6) is 0 Å². The molecule has 0 fully saturated rings. The zero-order valence-electron chi connectivity index (χ0n) is 17.0. The van der Waals surface area contributed by atoms with E-state index in [1.807, 2.05) is 0 Å². The quantitative estimate of drug-likeness (QED) is 0.186. The van der Waals surface area contributed by atoms with Gasteiger partial charge in [-0.25, -0.2) is 0 Å². The molecule has 0 aromatic rings. The van der Waals surface area contributed by atoms with Gasteiger partial charge in [0, 0.05) is 6.42 Å². The van der Waals surface area contributed by atoms with Gasteiger partial charge in [-0.1, -0.05) is 70.4 Å². The number of allylic oxidation sites excluding steroid dienone is 2. The van der Waals surface area contributed by atoms with Gasteiger partial charge in [0.15, 0.2) is 0 Å². The van der Waals surface area contributed by atoms with Crippen molar-refractivity contribution in [1.82, 2.24) is 0 Å². The van der Waals surface area contributed by atoms with E-state index in [2.05, 4.69) is 23.3 Å². The second kappa shape index (κ2) is 19.5. The van der Waals surface area contributed by atoms with E-state index in [0.29, 0.717) is 6.42 Å². The predicted octanol–water partition coefficient (Wildman–Crippen LogP) is 2.49. The van der Waals surface area contributed by atoms with Gasteiger partial charge in [0.25, 0.3) is 0 Å². The number of rotatable bonds is 16. The van der Waals surface area contributed by atoms with Crippen molar-refractivity contribution in [2.24, 2.45) is 0 Å². The third-order valence-corrected chi connectivity index (χ3v) is 4.24. The third kappa shape index (κ3) is 24.8. The van der Waals surface area contributed by atoms with Crippen molar-refractivity contribution < 1.29 is 74.8 Å². The first-order valence-electron chi connectivity index (χ1n) is 9.30. The monoisotopic (exact) mass is 402 g/mol. The molecule has 0 aliphatic carbocycles. The van der Waals surface area contributed by atoms with E-state index in [1.54, 1.807) is 0 Å². The average molecular weight is 403 g/mol. The molecule has 1 N–H and O–H groups in total. The SMILES string of the molecule is CCCCCCCC/C=C\CCCCCCCC(=O)OS(=O)(=O)O.[H-].[K+]. The molecular formula is C18H35KO5S. The van der Waals surface area contributed by atoms with Gasteiger partial charge < -0.3 is 5.61 Å². The molecule has 7 heteroatoms. The molecule has 0 spiro atoms. The fraction of sp³-hybridized carbons (Fsp3) is 0.833. The Morgan fingerprint density at radius 2 is 1.32 bits per heavy atom. The molecule has 0 aliphatic heterocycles. The minimum Gasteiger partial charge on any atom is -1.00 e. The van der Waals surface area contributed by atoms with Crippen molar-refractivity contribution in [2.75, 3.05) is 0 Å². The van der Waals surface area contributed by atoms with Crippen molar-refractivity contribution in [3.8, 4) is 0 Å². The molecule has 0 saturated carbocycles. The molecule has 0 radical (unpaired) electrons. The van der Waals surface area contributed by atoms with Gasteiger partial charge in [0.2, 0.25) is 0 Å². The Balaban J connectivity index is -0.00000264. The summed E-state index contributed by atoms with van der Waals surface area (Å²) in [6.07, 6.45) is 19.6. The molecule has 0 saturated heterocycles. The van der Waals surface area contributed by atoms with Gasteiger partial charge in [-0.3, -0.25) is 9.35 Å². The summed E-state index contributed by atoms with van der Waals surface area (Å²) in [7, 11) is -4.65. The van der Waals surface area contributed by atoms with Crippen molar-refractivity contribution in [2.45, 2.75) is 96.8 Å². The minimum absolute atomic E-state index is 0. The van der Waals surface area contributed by atoms with Crippen LogP contribution in [0.25, 0.3) is 0 Å². The fourth-order valence-electron chi connectivity index (χ4n) is 2.50. The van der Waals surface area contributed by atoms with Crippen LogP contribution in [0.15, 0.2) is 12.2 Å². The number of hydrogen-bond donors (Lipinski definition) is 1. The number of carbonyl (C=O) groups excluding carboxylic acids is 1. The van der Waals surface area contributed by atoms with Crippen LogP contribution in [0, 0.1) is 0 Å². The molecule has 0 aromatic carbocycles. The van der Waals surface area contributed by atoms with Crippen molar-refractivity contribution in [3.05, 3.63) is 12.2 Å².